The van der Waals surface area contributed by atoms with Crippen molar-refractivity contribution in [1.29, 1.82) is 0 Å². The molecule has 0 N–H and O–H groups in total. The number of hydrogen-bond donors (Lipinski definition) is 0. The number of carbonyl (C=O) groups is 2. The fourth-order valence-electron chi connectivity index (χ4n) is 2.86. The number of rotatable bonds is 1. The molecule has 1 saturated carbocycles. The third kappa shape index (κ3) is 1.28. The Hall–Kier alpha value is -1.32. The zero-order valence-electron chi connectivity index (χ0n) is 8.39. The van der Waals surface area contributed by atoms with Gasteiger partial charge in [0.25, 0.3) is 0 Å². The first kappa shape index (κ1) is 8.95. The van der Waals surface area contributed by atoms with Crippen LogP contribution in [0, 0.1) is 17.8 Å². The van der Waals surface area contributed by atoms with E-state index >= 15 is 0 Å². The van der Waals surface area contributed by atoms with E-state index in [1.54, 1.807) is 0 Å². The molecular weight excluding hydrogens is 194 g/mol. The van der Waals surface area contributed by atoms with Crippen LogP contribution in [0.5, 0.6) is 0 Å². The van der Waals surface area contributed by atoms with Gasteiger partial charge >= 0.3 is 6.09 Å². The first-order valence-corrected chi connectivity index (χ1v) is 5.42. The van der Waals surface area contributed by atoms with Gasteiger partial charge in [-0.25, -0.2) is 9.69 Å². The zero-order valence-corrected chi connectivity index (χ0v) is 8.39. The summed E-state index contributed by atoms with van der Waals surface area (Å²) in [5.41, 5.74) is 0. The molecule has 0 radical (unpaired) electrons. The van der Waals surface area contributed by atoms with E-state index in [0.717, 1.165) is 12.8 Å². The number of ether oxygens (including phenoxy) is 1. The molecule has 4 heteroatoms. The third-order valence-corrected chi connectivity index (χ3v) is 3.62. The van der Waals surface area contributed by atoms with Crippen LogP contribution in [0.15, 0.2) is 12.2 Å². The minimum Gasteiger partial charge on any atom is -0.447 e. The van der Waals surface area contributed by atoms with Crippen molar-refractivity contribution >= 4 is 12.0 Å². The highest BCUT2D eigenvalue weighted by Crippen LogP contribution is 2.44. The number of nitrogens with zero attached hydrogens (tertiary/aromatic N) is 1. The van der Waals surface area contributed by atoms with Crippen LogP contribution in [0.1, 0.15) is 12.8 Å². The fourth-order valence-corrected chi connectivity index (χ4v) is 2.86. The van der Waals surface area contributed by atoms with Crippen molar-refractivity contribution in [2.45, 2.75) is 12.8 Å². The van der Waals surface area contributed by atoms with Crippen LogP contribution in [0.4, 0.5) is 4.79 Å². The molecule has 0 spiro atoms. The number of cyclic esters (lactones) is 1. The van der Waals surface area contributed by atoms with Crippen molar-refractivity contribution in [3.8, 4) is 0 Å². The predicted molar refractivity (Wildman–Crippen MR) is 51.9 cm³/mol. The maximum Gasteiger partial charge on any atom is 0.416 e. The monoisotopic (exact) mass is 207 g/mol. The second-order valence-corrected chi connectivity index (χ2v) is 4.49. The molecule has 2 fully saturated rings. The Bertz CT molecular complexity index is 350. The van der Waals surface area contributed by atoms with Crippen LogP contribution >= 0.6 is 0 Å². The first-order chi connectivity index (χ1) is 7.25. The Labute approximate surface area is 87.9 Å². The van der Waals surface area contributed by atoms with Crippen LogP contribution in [-0.2, 0) is 9.53 Å². The average molecular weight is 207 g/mol. The summed E-state index contributed by atoms with van der Waals surface area (Å²) in [7, 11) is 0. The van der Waals surface area contributed by atoms with Gasteiger partial charge in [-0.05, 0) is 24.7 Å². The molecule has 1 aliphatic heterocycles. The molecule has 3 atom stereocenters. The van der Waals surface area contributed by atoms with Gasteiger partial charge in [0.15, 0.2) is 0 Å². The summed E-state index contributed by atoms with van der Waals surface area (Å²) in [4.78, 5) is 24.5. The molecular formula is C11H13NO3. The molecule has 0 aromatic carbocycles. The van der Waals surface area contributed by atoms with Crippen LogP contribution in [-0.4, -0.2) is 30.1 Å². The predicted octanol–water partition coefficient (Wildman–Crippen LogP) is 1.18. The molecule has 80 valence electrons. The minimum atomic E-state index is -0.466. The van der Waals surface area contributed by atoms with Gasteiger partial charge in [0.1, 0.15) is 6.61 Å². The summed E-state index contributed by atoms with van der Waals surface area (Å²) in [6.07, 6.45) is 5.84. The number of hydrogen-bond acceptors (Lipinski definition) is 3. The Balaban J connectivity index is 1.75. The quantitative estimate of drug-likeness (QED) is 0.606. The first-order valence-electron chi connectivity index (χ1n) is 5.42. The van der Waals surface area contributed by atoms with Crippen LogP contribution in [0.2, 0.25) is 0 Å². The molecule has 4 nitrogen and oxygen atoms in total. The third-order valence-electron chi connectivity index (χ3n) is 3.62. The summed E-state index contributed by atoms with van der Waals surface area (Å²) < 4.78 is 4.77. The SMILES string of the molecule is O=C1OCCN1C(=O)[C@H]1CC2C=CC1C2. The maximum absolute atomic E-state index is 12.0. The lowest BCUT2D eigenvalue weighted by molar-refractivity contribution is -0.132. The highest BCUT2D eigenvalue weighted by Gasteiger charge is 2.43. The Morgan fingerprint density at radius 2 is 2.27 bits per heavy atom. The van der Waals surface area contributed by atoms with Crippen LogP contribution in [0.3, 0.4) is 0 Å². The van der Waals surface area contributed by atoms with Gasteiger partial charge in [-0.3, -0.25) is 4.79 Å². The summed E-state index contributed by atoms with van der Waals surface area (Å²) in [6, 6.07) is 0. The van der Waals surface area contributed by atoms with Gasteiger partial charge in [-0.1, -0.05) is 12.2 Å². The van der Waals surface area contributed by atoms with Gasteiger partial charge in [0.05, 0.1) is 6.54 Å². The summed E-state index contributed by atoms with van der Waals surface area (Å²) in [5, 5.41) is 0. The second kappa shape index (κ2) is 3.08. The molecule has 0 aromatic heterocycles. The van der Waals surface area contributed by atoms with E-state index in [2.05, 4.69) is 12.2 Å². The summed E-state index contributed by atoms with van der Waals surface area (Å²) in [6.45, 7) is 0.774. The number of carbonyl (C=O) groups excluding carboxylic acids is 2. The van der Waals surface area contributed by atoms with Gasteiger partial charge in [0, 0.05) is 5.92 Å². The van der Waals surface area contributed by atoms with Gasteiger partial charge in [-0.2, -0.15) is 0 Å². The smallest absolute Gasteiger partial charge is 0.416 e. The Morgan fingerprint density at radius 1 is 1.40 bits per heavy atom. The van der Waals surface area contributed by atoms with Crippen LogP contribution in [0.25, 0.3) is 0 Å². The normalized spacial score (nSPS) is 37.5. The number of imide groups is 1. The second-order valence-electron chi connectivity index (χ2n) is 4.49. The molecule has 2 unspecified atom stereocenters. The molecule has 3 rings (SSSR count). The van der Waals surface area contributed by atoms with E-state index in [1.165, 1.54) is 4.90 Å². The molecule has 3 aliphatic rings. The van der Waals surface area contributed by atoms with Crippen molar-refractivity contribution in [2.24, 2.45) is 17.8 Å². The lowest BCUT2D eigenvalue weighted by atomic mass is 9.92. The summed E-state index contributed by atoms with van der Waals surface area (Å²) in [5.74, 6) is 0.901. The van der Waals surface area contributed by atoms with Gasteiger partial charge in [0.2, 0.25) is 5.91 Å². The average Bonchev–Trinajstić information content (AvgIpc) is 2.91. The van der Waals surface area contributed by atoms with Crippen molar-refractivity contribution in [1.82, 2.24) is 4.90 Å². The van der Waals surface area contributed by atoms with Crippen molar-refractivity contribution < 1.29 is 14.3 Å². The minimum absolute atomic E-state index is 0.0191. The Kier molecular flexibility index (Phi) is 1.84. The van der Waals surface area contributed by atoms with Crippen molar-refractivity contribution in [2.75, 3.05) is 13.2 Å². The largest absolute Gasteiger partial charge is 0.447 e. The highest BCUT2D eigenvalue weighted by atomic mass is 16.6. The lowest BCUT2D eigenvalue weighted by Crippen LogP contribution is -2.38. The highest BCUT2D eigenvalue weighted by molar-refractivity contribution is 5.94. The number of allylic oxidation sites excluding steroid dienone is 2. The number of amides is 2. The molecule has 1 saturated heterocycles. The molecule has 0 aromatic rings. The van der Waals surface area contributed by atoms with Crippen molar-refractivity contribution in [3.05, 3.63) is 12.2 Å². The van der Waals surface area contributed by atoms with Gasteiger partial charge < -0.3 is 4.74 Å². The van der Waals surface area contributed by atoms with E-state index in [4.69, 9.17) is 4.74 Å². The van der Waals surface area contributed by atoms with E-state index < -0.39 is 6.09 Å². The Morgan fingerprint density at radius 3 is 2.80 bits per heavy atom. The molecule has 2 amide bonds. The zero-order chi connectivity index (χ0) is 10.4. The van der Waals surface area contributed by atoms with Crippen molar-refractivity contribution in [3.63, 3.8) is 0 Å². The van der Waals surface area contributed by atoms with E-state index in [-0.39, 0.29) is 11.8 Å². The fraction of sp³-hybridized carbons (Fsp3) is 0.636. The molecule has 15 heavy (non-hydrogen) atoms. The number of fused-ring (bicyclic) bond motifs is 2. The van der Waals surface area contributed by atoms with Gasteiger partial charge in [-0.15, -0.1) is 0 Å². The maximum atomic E-state index is 12.0. The lowest BCUT2D eigenvalue weighted by Gasteiger charge is -2.20. The standard InChI is InChI=1S/C11H13NO3/c13-10(12-3-4-15-11(12)14)9-6-7-1-2-8(9)5-7/h1-2,7-9H,3-6H2/t7?,8?,9-/m0/s1. The molecule has 1 heterocycles. The topological polar surface area (TPSA) is 46.6 Å². The van der Waals surface area contributed by atoms with E-state index in [9.17, 15) is 9.59 Å². The van der Waals surface area contributed by atoms with E-state index in [0.29, 0.717) is 25.0 Å². The molecule has 2 aliphatic carbocycles. The summed E-state index contributed by atoms with van der Waals surface area (Å²) >= 11 is 0. The molecule has 2 bridgehead atoms. The van der Waals surface area contributed by atoms with Crippen LogP contribution < -0.4 is 0 Å². The van der Waals surface area contributed by atoms with E-state index in [1.807, 2.05) is 0 Å².